The zero-order valence-electron chi connectivity index (χ0n) is 13.9. The van der Waals surface area contributed by atoms with Crippen LogP contribution in [-0.2, 0) is 13.5 Å². The van der Waals surface area contributed by atoms with Gasteiger partial charge in [-0.25, -0.2) is 4.79 Å². The third-order valence-corrected chi connectivity index (χ3v) is 4.80. The van der Waals surface area contributed by atoms with Crippen molar-refractivity contribution in [2.45, 2.75) is 25.2 Å². The van der Waals surface area contributed by atoms with Crippen LogP contribution in [0.25, 0.3) is 0 Å². The molecule has 0 radical (unpaired) electrons. The lowest BCUT2D eigenvalue weighted by atomic mass is 9.89. The van der Waals surface area contributed by atoms with E-state index in [2.05, 4.69) is 22.5 Å². The Morgan fingerprint density at radius 2 is 1.96 bits per heavy atom. The van der Waals surface area contributed by atoms with Crippen molar-refractivity contribution in [3.05, 3.63) is 52.8 Å². The molecule has 0 bridgehead atoms. The van der Waals surface area contributed by atoms with Crippen molar-refractivity contribution in [1.82, 2.24) is 20.0 Å². The van der Waals surface area contributed by atoms with Gasteiger partial charge in [0.2, 0.25) is 0 Å². The molecule has 1 N–H and O–H groups in total. The lowest BCUT2D eigenvalue weighted by molar-refractivity contribution is 0.181. The monoisotopic (exact) mass is 346 g/mol. The maximum Gasteiger partial charge on any atom is 0.317 e. The molecule has 1 aliphatic heterocycles. The highest BCUT2D eigenvalue weighted by Gasteiger charge is 2.23. The molecule has 1 aromatic heterocycles. The first-order chi connectivity index (χ1) is 11.6. The van der Waals surface area contributed by atoms with E-state index in [9.17, 15) is 4.79 Å². The van der Waals surface area contributed by atoms with Crippen LogP contribution in [-0.4, -0.2) is 40.3 Å². The molecule has 128 valence electrons. The van der Waals surface area contributed by atoms with Crippen LogP contribution in [0.4, 0.5) is 4.79 Å². The fourth-order valence-electron chi connectivity index (χ4n) is 3.16. The molecule has 0 atom stereocenters. The van der Waals surface area contributed by atoms with Crippen molar-refractivity contribution in [1.29, 1.82) is 0 Å². The number of nitrogens with one attached hydrogen (secondary N) is 1. The van der Waals surface area contributed by atoms with Crippen molar-refractivity contribution in [3.63, 3.8) is 0 Å². The molecular weight excluding hydrogens is 324 g/mol. The number of aromatic nitrogens is 2. The summed E-state index contributed by atoms with van der Waals surface area (Å²) < 4.78 is 1.78. The lowest BCUT2D eigenvalue weighted by Crippen LogP contribution is -2.44. The van der Waals surface area contributed by atoms with Gasteiger partial charge in [0.15, 0.2) is 0 Å². The molecule has 0 aliphatic carbocycles. The van der Waals surface area contributed by atoms with Crippen LogP contribution >= 0.6 is 11.6 Å². The molecule has 2 aromatic rings. The predicted octanol–water partition coefficient (Wildman–Crippen LogP) is 3.21. The van der Waals surface area contributed by atoms with Crippen LogP contribution in [0.15, 0.2) is 36.5 Å². The van der Waals surface area contributed by atoms with Crippen LogP contribution in [0.2, 0.25) is 5.02 Å². The van der Waals surface area contributed by atoms with Crippen molar-refractivity contribution in [3.8, 4) is 0 Å². The molecule has 1 aliphatic rings. The second kappa shape index (κ2) is 7.71. The largest absolute Gasteiger partial charge is 0.338 e. The van der Waals surface area contributed by atoms with E-state index in [0.29, 0.717) is 12.5 Å². The third kappa shape index (κ3) is 4.29. The van der Waals surface area contributed by atoms with E-state index in [1.54, 1.807) is 4.68 Å². The van der Waals surface area contributed by atoms with Crippen LogP contribution < -0.4 is 5.32 Å². The second-order valence-electron chi connectivity index (χ2n) is 6.28. The predicted molar refractivity (Wildman–Crippen MR) is 95.3 cm³/mol. The van der Waals surface area contributed by atoms with Crippen LogP contribution in [0.5, 0.6) is 0 Å². The molecule has 0 unspecified atom stereocenters. The smallest absolute Gasteiger partial charge is 0.317 e. The lowest BCUT2D eigenvalue weighted by Gasteiger charge is -2.32. The number of aryl methyl sites for hydroxylation is 1. The van der Waals surface area contributed by atoms with E-state index < -0.39 is 0 Å². The highest BCUT2D eigenvalue weighted by Crippen LogP contribution is 2.28. The highest BCUT2D eigenvalue weighted by atomic mass is 35.5. The third-order valence-electron chi connectivity index (χ3n) is 4.55. The molecule has 0 saturated carbocycles. The summed E-state index contributed by atoms with van der Waals surface area (Å²) in [6.07, 6.45) is 4.66. The van der Waals surface area contributed by atoms with E-state index >= 15 is 0 Å². The topological polar surface area (TPSA) is 50.2 Å². The van der Waals surface area contributed by atoms with Gasteiger partial charge >= 0.3 is 6.03 Å². The highest BCUT2D eigenvalue weighted by molar-refractivity contribution is 6.30. The zero-order chi connectivity index (χ0) is 16.9. The fraction of sp³-hybridized carbons (Fsp3) is 0.444. The van der Waals surface area contributed by atoms with Gasteiger partial charge in [-0.15, -0.1) is 0 Å². The number of benzene rings is 1. The Bertz CT molecular complexity index is 675. The van der Waals surface area contributed by atoms with Gasteiger partial charge in [-0.05, 0) is 42.5 Å². The van der Waals surface area contributed by atoms with Gasteiger partial charge in [-0.3, -0.25) is 4.68 Å². The number of likely N-dealkylation sites (tertiary alicyclic amines) is 1. The van der Waals surface area contributed by atoms with Gasteiger partial charge < -0.3 is 10.2 Å². The summed E-state index contributed by atoms with van der Waals surface area (Å²) >= 11 is 5.94. The Hall–Kier alpha value is -2.01. The van der Waals surface area contributed by atoms with E-state index in [1.807, 2.05) is 36.3 Å². The Kier molecular flexibility index (Phi) is 5.41. The molecule has 0 spiro atoms. The second-order valence-corrected chi connectivity index (χ2v) is 6.71. The maximum atomic E-state index is 12.3. The summed E-state index contributed by atoms with van der Waals surface area (Å²) in [6, 6.07) is 10.1. The summed E-state index contributed by atoms with van der Waals surface area (Å²) in [7, 11) is 1.90. The maximum absolute atomic E-state index is 12.3. The Balaban J connectivity index is 1.42. The Morgan fingerprint density at radius 3 is 2.58 bits per heavy atom. The average molecular weight is 347 g/mol. The summed E-state index contributed by atoms with van der Waals surface area (Å²) in [5.41, 5.74) is 2.31. The average Bonchev–Trinajstić information content (AvgIpc) is 3.01. The van der Waals surface area contributed by atoms with Crippen LogP contribution in [0.3, 0.4) is 0 Å². The van der Waals surface area contributed by atoms with Crippen molar-refractivity contribution >= 4 is 17.6 Å². The minimum Gasteiger partial charge on any atom is -0.338 e. The first-order valence-corrected chi connectivity index (χ1v) is 8.76. The molecule has 1 saturated heterocycles. The molecular formula is C18H23ClN4O. The Labute approximate surface area is 147 Å². The molecule has 3 rings (SSSR count). The normalized spacial score (nSPS) is 15.5. The van der Waals surface area contributed by atoms with Gasteiger partial charge in [0.1, 0.15) is 0 Å². The summed E-state index contributed by atoms with van der Waals surface area (Å²) in [4.78, 5) is 14.2. The van der Waals surface area contributed by atoms with Crippen LogP contribution in [0.1, 0.15) is 30.0 Å². The van der Waals surface area contributed by atoms with Crippen LogP contribution in [0, 0.1) is 0 Å². The molecule has 2 amide bonds. The van der Waals surface area contributed by atoms with Crippen molar-refractivity contribution < 1.29 is 4.79 Å². The molecule has 5 nitrogen and oxygen atoms in total. The quantitative estimate of drug-likeness (QED) is 0.924. The number of urea groups is 1. The van der Waals surface area contributed by atoms with Gasteiger partial charge in [0.05, 0.1) is 5.69 Å². The zero-order valence-corrected chi connectivity index (χ0v) is 14.7. The molecule has 1 fully saturated rings. The van der Waals surface area contributed by atoms with E-state index in [0.717, 1.165) is 43.1 Å². The molecule has 2 heterocycles. The number of hydrogen-bond acceptors (Lipinski definition) is 2. The first-order valence-electron chi connectivity index (χ1n) is 8.38. The molecule has 1 aromatic carbocycles. The minimum atomic E-state index is 0.0282. The standard InChI is InChI=1S/C18H23ClN4O/c1-22-11-9-17(21-22)6-10-20-18(24)23-12-7-15(8-13-23)14-2-4-16(19)5-3-14/h2-5,9,11,15H,6-8,10,12-13H2,1H3,(H,20,24). The fourth-order valence-corrected chi connectivity index (χ4v) is 3.28. The number of hydrogen-bond donors (Lipinski definition) is 1. The van der Waals surface area contributed by atoms with Gasteiger partial charge in [-0.1, -0.05) is 23.7 Å². The number of carbonyl (C=O) groups is 1. The SMILES string of the molecule is Cn1ccc(CCNC(=O)N2CCC(c3ccc(Cl)cc3)CC2)n1. The van der Waals surface area contributed by atoms with E-state index in [-0.39, 0.29) is 6.03 Å². The van der Waals surface area contributed by atoms with Crippen molar-refractivity contribution in [2.75, 3.05) is 19.6 Å². The number of halogens is 1. The van der Waals surface area contributed by atoms with Gasteiger partial charge in [0.25, 0.3) is 0 Å². The summed E-state index contributed by atoms with van der Waals surface area (Å²) in [6.45, 7) is 2.21. The molecule has 6 heteroatoms. The number of rotatable bonds is 4. The van der Waals surface area contributed by atoms with Crippen molar-refractivity contribution in [2.24, 2.45) is 7.05 Å². The molecule has 24 heavy (non-hydrogen) atoms. The van der Waals surface area contributed by atoms with Gasteiger partial charge in [0, 0.05) is 44.3 Å². The number of carbonyl (C=O) groups excluding carboxylic acids is 1. The number of nitrogens with zero attached hydrogens (tertiary/aromatic N) is 3. The number of amides is 2. The first kappa shape index (κ1) is 16.8. The summed E-state index contributed by atoms with van der Waals surface area (Å²) in [5.74, 6) is 0.514. The van der Waals surface area contributed by atoms with Gasteiger partial charge in [-0.2, -0.15) is 5.10 Å². The van der Waals surface area contributed by atoms with E-state index in [4.69, 9.17) is 11.6 Å². The number of piperidine rings is 1. The van der Waals surface area contributed by atoms with E-state index in [1.165, 1.54) is 5.56 Å². The summed E-state index contributed by atoms with van der Waals surface area (Å²) in [5, 5.41) is 8.07. The minimum absolute atomic E-state index is 0.0282. The Morgan fingerprint density at radius 1 is 1.25 bits per heavy atom.